The maximum atomic E-state index is 13.7. The molecule has 2 saturated heterocycles. The van der Waals surface area contributed by atoms with Crippen LogP contribution in [0.4, 0.5) is 17.6 Å². The first-order valence-electron chi connectivity index (χ1n) is 6.99. The summed E-state index contributed by atoms with van der Waals surface area (Å²) in [6, 6.07) is 0.518. The second-order valence-corrected chi connectivity index (χ2v) is 5.93. The molecule has 2 unspecified atom stereocenters. The number of hydrogen-bond donors (Lipinski definition) is 0. The number of nitrogens with zero attached hydrogens (tertiary/aromatic N) is 1. The van der Waals surface area contributed by atoms with Gasteiger partial charge in [-0.05, 0) is 32.7 Å². The predicted octanol–water partition coefficient (Wildman–Crippen LogP) is 3.30. The third-order valence-electron chi connectivity index (χ3n) is 4.83. The topological polar surface area (TPSA) is 20.3 Å². The maximum absolute atomic E-state index is 13.7. The Morgan fingerprint density at radius 2 is 1.52 bits per heavy atom. The van der Waals surface area contributed by atoms with E-state index in [9.17, 15) is 22.4 Å². The van der Waals surface area contributed by atoms with Crippen LogP contribution in [0.3, 0.4) is 0 Å². The first kappa shape index (κ1) is 14.5. The second-order valence-electron chi connectivity index (χ2n) is 5.93. The van der Waals surface area contributed by atoms with Crippen LogP contribution in [0.5, 0.6) is 0 Å². The molecule has 1 aromatic carbocycles. The van der Waals surface area contributed by atoms with E-state index in [1.54, 1.807) is 0 Å². The van der Waals surface area contributed by atoms with Crippen LogP contribution >= 0.6 is 0 Å². The zero-order valence-electron chi connectivity index (χ0n) is 11.5. The van der Waals surface area contributed by atoms with Crippen LogP contribution in [0, 0.1) is 29.2 Å². The van der Waals surface area contributed by atoms with Crippen LogP contribution in [-0.4, -0.2) is 29.8 Å². The Morgan fingerprint density at radius 3 is 2.00 bits per heavy atom. The lowest BCUT2D eigenvalue weighted by Crippen LogP contribution is -2.42. The van der Waals surface area contributed by atoms with Gasteiger partial charge in [-0.2, -0.15) is 0 Å². The second kappa shape index (κ2) is 5.09. The highest BCUT2D eigenvalue weighted by Crippen LogP contribution is 2.39. The van der Waals surface area contributed by atoms with Crippen molar-refractivity contribution in [1.82, 2.24) is 4.90 Å². The standard InChI is InChI=1S/C15H15F4NO/c1-20-8-2-3-9(20)5-7(4-8)15(21)12-13(18)10(16)6-11(17)14(12)19/h6-9H,2-5H2,1H3. The van der Waals surface area contributed by atoms with Gasteiger partial charge < -0.3 is 4.90 Å². The molecule has 0 aromatic heterocycles. The van der Waals surface area contributed by atoms with Crippen LogP contribution in [-0.2, 0) is 0 Å². The van der Waals surface area contributed by atoms with E-state index >= 15 is 0 Å². The fourth-order valence-electron chi connectivity index (χ4n) is 3.62. The molecule has 0 saturated carbocycles. The minimum atomic E-state index is -1.59. The summed E-state index contributed by atoms with van der Waals surface area (Å²) in [4.78, 5) is 14.5. The Kier molecular flexibility index (Phi) is 3.51. The molecule has 0 radical (unpaired) electrons. The highest BCUT2D eigenvalue weighted by molar-refractivity contribution is 5.98. The van der Waals surface area contributed by atoms with Gasteiger partial charge in [-0.25, -0.2) is 17.6 Å². The number of carbonyl (C=O) groups is 1. The van der Waals surface area contributed by atoms with E-state index < -0.39 is 40.5 Å². The quantitative estimate of drug-likeness (QED) is 0.474. The zero-order valence-corrected chi connectivity index (χ0v) is 11.5. The SMILES string of the molecule is CN1C2CCC1CC(C(=O)c1c(F)c(F)cc(F)c1F)C2. The number of hydrogen-bond acceptors (Lipinski definition) is 2. The van der Waals surface area contributed by atoms with Crippen molar-refractivity contribution in [3.8, 4) is 0 Å². The van der Waals surface area contributed by atoms with Crippen molar-refractivity contribution in [2.24, 2.45) is 5.92 Å². The number of fused-ring (bicyclic) bond motifs is 2. The molecule has 2 atom stereocenters. The van der Waals surface area contributed by atoms with Gasteiger partial charge in [0.25, 0.3) is 0 Å². The number of piperidine rings is 1. The molecule has 0 N–H and O–H groups in total. The molecule has 1 aromatic rings. The van der Waals surface area contributed by atoms with Gasteiger partial charge in [0.15, 0.2) is 29.1 Å². The van der Waals surface area contributed by atoms with Crippen molar-refractivity contribution in [3.05, 3.63) is 34.9 Å². The van der Waals surface area contributed by atoms with Crippen molar-refractivity contribution >= 4 is 5.78 Å². The van der Waals surface area contributed by atoms with Gasteiger partial charge in [0.2, 0.25) is 0 Å². The van der Waals surface area contributed by atoms with Crippen LogP contribution in [0.2, 0.25) is 0 Å². The molecule has 2 fully saturated rings. The fraction of sp³-hybridized carbons (Fsp3) is 0.533. The molecule has 0 aliphatic carbocycles. The van der Waals surface area contributed by atoms with Gasteiger partial charge in [0.05, 0.1) is 5.56 Å². The van der Waals surface area contributed by atoms with Crippen molar-refractivity contribution in [2.75, 3.05) is 7.05 Å². The Balaban J connectivity index is 1.93. The summed E-state index contributed by atoms with van der Waals surface area (Å²) in [5, 5.41) is 0. The molecule has 3 rings (SSSR count). The van der Waals surface area contributed by atoms with E-state index in [-0.39, 0.29) is 18.2 Å². The first-order valence-corrected chi connectivity index (χ1v) is 6.99. The first-order chi connectivity index (χ1) is 9.90. The molecule has 2 bridgehead atoms. The lowest BCUT2D eigenvalue weighted by Gasteiger charge is -2.35. The fourth-order valence-corrected chi connectivity index (χ4v) is 3.62. The van der Waals surface area contributed by atoms with Crippen molar-refractivity contribution in [1.29, 1.82) is 0 Å². The minimum absolute atomic E-state index is 0.125. The van der Waals surface area contributed by atoms with E-state index in [1.807, 2.05) is 7.05 Å². The van der Waals surface area contributed by atoms with Gasteiger partial charge in [0, 0.05) is 24.1 Å². The summed E-state index contributed by atoms with van der Waals surface area (Å²) in [6.45, 7) is 0. The number of carbonyl (C=O) groups excluding carboxylic acids is 1. The zero-order chi connectivity index (χ0) is 15.3. The smallest absolute Gasteiger partial charge is 0.172 e. The van der Waals surface area contributed by atoms with E-state index in [4.69, 9.17) is 0 Å². The summed E-state index contributed by atoms with van der Waals surface area (Å²) >= 11 is 0. The Bertz CT molecular complexity index is 564. The highest BCUT2D eigenvalue weighted by atomic mass is 19.2. The molecule has 0 amide bonds. The number of rotatable bonds is 2. The molecule has 2 nitrogen and oxygen atoms in total. The minimum Gasteiger partial charge on any atom is -0.300 e. The predicted molar refractivity (Wildman–Crippen MR) is 67.9 cm³/mol. The van der Waals surface area contributed by atoms with E-state index in [0.717, 1.165) is 12.8 Å². The average Bonchev–Trinajstić information content (AvgIpc) is 2.66. The molecule has 6 heteroatoms. The number of ketones is 1. The number of benzene rings is 1. The third-order valence-corrected chi connectivity index (χ3v) is 4.83. The van der Waals surface area contributed by atoms with Crippen LogP contribution < -0.4 is 0 Å². The monoisotopic (exact) mass is 301 g/mol. The van der Waals surface area contributed by atoms with Crippen molar-refractivity contribution in [2.45, 2.75) is 37.8 Å². The summed E-state index contributed by atoms with van der Waals surface area (Å²) < 4.78 is 53.9. The summed E-state index contributed by atoms with van der Waals surface area (Å²) in [6.07, 6.45) is 2.83. The van der Waals surface area contributed by atoms with Crippen LogP contribution in [0.1, 0.15) is 36.0 Å². The van der Waals surface area contributed by atoms with Gasteiger partial charge >= 0.3 is 0 Å². The van der Waals surface area contributed by atoms with Gasteiger partial charge in [0.1, 0.15) is 0 Å². The van der Waals surface area contributed by atoms with Gasteiger partial charge in [-0.1, -0.05) is 0 Å². The largest absolute Gasteiger partial charge is 0.300 e. The summed E-state index contributed by atoms with van der Waals surface area (Å²) in [5.41, 5.74) is -1.07. The Hall–Kier alpha value is -1.43. The molecular formula is C15H15F4NO. The average molecular weight is 301 g/mol. The maximum Gasteiger partial charge on any atom is 0.172 e. The lowest BCUT2D eigenvalue weighted by atomic mass is 9.84. The Morgan fingerprint density at radius 1 is 1.05 bits per heavy atom. The molecule has 21 heavy (non-hydrogen) atoms. The Labute approximate surface area is 119 Å². The van der Waals surface area contributed by atoms with E-state index in [0.29, 0.717) is 12.8 Å². The number of Topliss-reactive ketones (excluding diaryl/α,β-unsaturated/α-hetero) is 1. The molecule has 2 aliphatic heterocycles. The van der Waals surface area contributed by atoms with Gasteiger partial charge in [-0.15, -0.1) is 0 Å². The van der Waals surface area contributed by atoms with E-state index in [1.165, 1.54) is 0 Å². The van der Waals surface area contributed by atoms with Crippen molar-refractivity contribution in [3.63, 3.8) is 0 Å². The third kappa shape index (κ3) is 2.25. The van der Waals surface area contributed by atoms with Gasteiger partial charge in [-0.3, -0.25) is 4.79 Å². The molecule has 114 valence electrons. The molecular weight excluding hydrogens is 286 g/mol. The molecule has 2 aliphatic rings. The van der Waals surface area contributed by atoms with E-state index in [2.05, 4.69) is 4.90 Å². The molecule has 0 spiro atoms. The van der Waals surface area contributed by atoms with Crippen LogP contribution in [0.15, 0.2) is 6.07 Å². The highest BCUT2D eigenvalue weighted by Gasteiger charge is 2.42. The number of halogens is 4. The summed E-state index contributed by atoms with van der Waals surface area (Å²) in [7, 11) is 1.96. The van der Waals surface area contributed by atoms with Crippen LogP contribution in [0.25, 0.3) is 0 Å². The summed E-state index contributed by atoms with van der Waals surface area (Å²) in [5.74, 6) is -7.66. The molecule has 2 heterocycles. The van der Waals surface area contributed by atoms with Crippen molar-refractivity contribution < 1.29 is 22.4 Å². The normalized spacial score (nSPS) is 28.9. The lowest BCUT2D eigenvalue weighted by molar-refractivity contribution is 0.0756.